The fourth-order valence-electron chi connectivity index (χ4n) is 1.51. The molecule has 1 aromatic rings. The molecular weight excluding hydrogens is 193 g/mol. The van der Waals surface area contributed by atoms with Gasteiger partial charge in [-0.05, 0) is 24.7 Å². The molecule has 0 unspecified atom stereocenters. The average Bonchev–Trinajstić information content (AvgIpc) is 2.27. The molecule has 0 aliphatic carbocycles. The summed E-state index contributed by atoms with van der Waals surface area (Å²) in [6.07, 6.45) is 0. The van der Waals surface area contributed by atoms with Gasteiger partial charge in [-0.25, -0.2) is 4.39 Å². The van der Waals surface area contributed by atoms with Crippen LogP contribution in [-0.4, -0.2) is 23.1 Å². The molecule has 0 saturated heterocycles. The van der Waals surface area contributed by atoms with E-state index in [-0.39, 0.29) is 12.4 Å². The molecule has 0 atom stereocenters. The van der Waals surface area contributed by atoms with Crippen molar-refractivity contribution in [3.8, 4) is 0 Å². The van der Waals surface area contributed by atoms with Crippen LogP contribution in [0.1, 0.15) is 25.0 Å². The average molecular weight is 211 g/mol. The Morgan fingerprint density at radius 3 is 2.40 bits per heavy atom. The summed E-state index contributed by atoms with van der Waals surface area (Å²) in [5.41, 5.74) is 1.31. The van der Waals surface area contributed by atoms with Crippen molar-refractivity contribution >= 4 is 0 Å². The van der Waals surface area contributed by atoms with Crippen LogP contribution in [0.15, 0.2) is 18.2 Å². The Morgan fingerprint density at radius 1 is 1.27 bits per heavy atom. The van der Waals surface area contributed by atoms with Gasteiger partial charge in [0, 0.05) is 12.1 Å². The zero-order valence-electron chi connectivity index (χ0n) is 9.33. The van der Waals surface area contributed by atoms with Crippen LogP contribution >= 0.6 is 0 Å². The topological polar surface area (TPSA) is 23.5 Å². The highest BCUT2D eigenvalue weighted by atomic mass is 19.1. The third kappa shape index (κ3) is 3.29. The Labute approximate surface area is 90.3 Å². The van der Waals surface area contributed by atoms with Gasteiger partial charge in [-0.2, -0.15) is 0 Å². The molecule has 0 aliphatic heterocycles. The molecule has 1 rings (SSSR count). The van der Waals surface area contributed by atoms with Gasteiger partial charge >= 0.3 is 0 Å². The standard InChI is InChI=1S/C12H18FNO/c1-3-14(4-2)8-11-6-5-10(9-15)7-12(11)13/h5-7,15H,3-4,8-9H2,1-2H3. The van der Waals surface area contributed by atoms with Gasteiger partial charge in [0.2, 0.25) is 0 Å². The van der Waals surface area contributed by atoms with Crippen molar-refractivity contribution in [3.63, 3.8) is 0 Å². The van der Waals surface area contributed by atoms with Gasteiger partial charge in [-0.1, -0.05) is 26.0 Å². The fourth-order valence-corrected chi connectivity index (χ4v) is 1.51. The van der Waals surface area contributed by atoms with Crippen molar-refractivity contribution in [3.05, 3.63) is 35.1 Å². The third-order valence-electron chi connectivity index (χ3n) is 2.59. The van der Waals surface area contributed by atoms with Gasteiger partial charge in [-0.3, -0.25) is 4.90 Å². The molecule has 84 valence electrons. The minimum atomic E-state index is -0.228. The third-order valence-corrected chi connectivity index (χ3v) is 2.59. The Kier molecular flexibility index (Phi) is 4.72. The van der Waals surface area contributed by atoms with E-state index in [0.29, 0.717) is 17.7 Å². The quantitative estimate of drug-likeness (QED) is 0.806. The van der Waals surface area contributed by atoms with E-state index >= 15 is 0 Å². The first-order chi connectivity index (χ1) is 7.21. The summed E-state index contributed by atoms with van der Waals surface area (Å²) >= 11 is 0. The van der Waals surface area contributed by atoms with Crippen molar-refractivity contribution in [2.45, 2.75) is 27.0 Å². The maximum absolute atomic E-state index is 13.5. The number of aliphatic hydroxyl groups excluding tert-OH is 1. The van der Waals surface area contributed by atoms with Crippen LogP contribution in [0.5, 0.6) is 0 Å². The summed E-state index contributed by atoms with van der Waals surface area (Å²) < 4.78 is 13.5. The first-order valence-corrected chi connectivity index (χ1v) is 5.31. The Bertz CT molecular complexity index is 310. The predicted molar refractivity (Wildman–Crippen MR) is 58.9 cm³/mol. The molecule has 1 N–H and O–H groups in total. The molecule has 2 nitrogen and oxygen atoms in total. The summed E-state index contributed by atoms with van der Waals surface area (Å²) in [6.45, 7) is 6.47. The zero-order chi connectivity index (χ0) is 11.3. The van der Waals surface area contributed by atoms with E-state index in [4.69, 9.17) is 5.11 Å². The number of rotatable bonds is 5. The van der Waals surface area contributed by atoms with E-state index in [1.807, 2.05) is 0 Å². The minimum Gasteiger partial charge on any atom is -0.392 e. The van der Waals surface area contributed by atoms with Crippen molar-refractivity contribution in [1.29, 1.82) is 0 Å². The molecule has 0 aliphatic rings. The molecule has 0 bridgehead atoms. The molecule has 0 aromatic heterocycles. The number of nitrogens with zero attached hydrogens (tertiary/aromatic N) is 1. The van der Waals surface area contributed by atoms with Crippen LogP contribution in [0.3, 0.4) is 0 Å². The largest absolute Gasteiger partial charge is 0.392 e. The molecule has 0 saturated carbocycles. The van der Waals surface area contributed by atoms with Crippen LogP contribution < -0.4 is 0 Å². The van der Waals surface area contributed by atoms with Crippen molar-refractivity contribution in [2.75, 3.05) is 13.1 Å². The van der Waals surface area contributed by atoms with Crippen molar-refractivity contribution in [2.24, 2.45) is 0 Å². The summed E-state index contributed by atoms with van der Waals surface area (Å²) in [7, 11) is 0. The minimum absolute atomic E-state index is 0.109. The van der Waals surface area contributed by atoms with Crippen LogP contribution in [0.25, 0.3) is 0 Å². The van der Waals surface area contributed by atoms with Gasteiger partial charge in [0.1, 0.15) is 5.82 Å². The second-order valence-corrected chi connectivity index (χ2v) is 3.55. The second-order valence-electron chi connectivity index (χ2n) is 3.55. The van der Waals surface area contributed by atoms with E-state index in [1.54, 1.807) is 12.1 Å². The van der Waals surface area contributed by atoms with Gasteiger partial charge < -0.3 is 5.11 Å². The van der Waals surface area contributed by atoms with Crippen LogP contribution in [0, 0.1) is 5.82 Å². The van der Waals surface area contributed by atoms with Crippen LogP contribution in [-0.2, 0) is 13.2 Å². The number of benzene rings is 1. The number of halogens is 1. The maximum atomic E-state index is 13.5. The summed E-state index contributed by atoms with van der Waals surface area (Å²) in [5.74, 6) is -0.228. The fraction of sp³-hybridized carbons (Fsp3) is 0.500. The van der Waals surface area contributed by atoms with Crippen LogP contribution in [0.2, 0.25) is 0 Å². The Hall–Kier alpha value is -0.930. The van der Waals surface area contributed by atoms with Crippen molar-refractivity contribution < 1.29 is 9.50 Å². The molecule has 0 radical (unpaired) electrons. The molecule has 1 aromatic carbocycles. The van der Waals surface area contributed by atoms with Gasteiger partial charge in [-0.15, -0.1) is 0 Å². The lowest BCUT2D eigenvalue weighted by Crippen LogP contribution is -2.22. The predicted octanol–water partition coefficient (Wildman–Crippen LogP) is 2.16. The normalized spacial score (nSPS) is 11.0. The van der Waals surface area contributed by atoms with Crippen molar-refractivity contribution in [1.82, 2.24) is 4.90 Å². The highest BCUT2D eigenvalue weighted by molar-refractivity contribution is 5.23. The summed E-state index contributed by atoms with van der Waals surface area (Å²) in [5, 5.41) is 8.85. The molecule has 0 heterocycles. The molecule has 0 fully saturated rings. The lowest BCUT2D eigenvalue weighted by Gasteiger charge is -2.18. The molecule has 0 spiro atoms. The zero-order valence-corrected chi connectivity index (χ0v) is 9.33. The summed E-state index contributed by atoms with van der Waals surface area (Å²) in [6, 6.07) is 4.92. The number of hydrogen-bond donors (Lipinski definition) is 1. The van der Waals surface area contributed by atoms with E-state index in [0.717, 1.165) is 13.1 Å². The molecular formula is C12H18FNO. The highest BCUT2D eigenvalue weighted by Gasteiger charge is 2.06. The monoisotopic (exact) mass is 211 g/mol. The maximum Gasteiger partial charge on any atom is 0.128 e. The van der Waals surface area contributed by atoms with Gasteiger partial charge in [0.25, 0.3) is 0 Å². The van der Waals surface area contributed by atoms with Gasteiger partial charge in [0.05, 0.1) is 6.61 Å². The summed E-state index contributed by atoms with van der Waals surface area (Å²) in [4.78, 5) is 2.15. The SMILES string of the molecule is CCN(CC)Cc1ccc(CO)cc1F. The number of hydrogen-bond acceptors (Lipinski definition) is 2. The molecule has 0 amide bonds. The lowest BCUT2D eigenvalue weighted by atomic mass is 10.1. The second kappa shape index (κ2) is 5.83. The molecule has 15 heavy (non-hydrogen) atoms. The first-order valence-electron chi connectivity index (χ1n) is 5.31. The lowest BCUT2D eigenvalue weighted by molar-refractivity contribution is 0.279. The smallest absolute Gasteiger partial charge is 0.128 e. The molecule has 3 heteroatoms. The number of aliphatic hydroxyl groups is 1. The van der Waals surface area contributed by atoms with Gasteiger partial charge in [0.15, 0.2) is 0 Å². The van der Waals surface area contributed by atoms with E-state index in [1.165, 1.54) is 6.07 Å². The van der Waals surface area contributed by atoms with Crippen LogP contribution in [0.4, 0.5) is 4.39 Å². The highest BCUT2D eigenvalue weighted by Crippen LogP contribution is 2.12. The van der Waals surface area contributed by atoms with E-state index in [2.05, 4.69) is 18.7 Å². The van der Waals surface area contributed by atoms with E-state index in [9.17, 15) is 4.39 Å². The first kappa shape index (κ1) is 12.1. The van der Waals surface area contributed by atoms with E-state index < -0.39 is 0 Å². The Morgan fingerprint density at radius 2 is 1.93 bits per heavy atom. The Balaban J connectivity index is 2.77.